The zero-order chi connectivity index (χ0) is 12.4. The lowest BCUT2D eigenvalue weighted by molar-refractivity contribution is 0.299. The van der Waals surface area contributed by atoms with Crippen molar-refractivity contribution in [1.82, 2.24) is 5.32 Å². The van der Waals surface area contributed by atoms with Gasteiger partial charge < -0.3 is 10.1 Å². The molecule has 0 radical (unpaired) electrons. The predicted octanol–water partition coefficient (Wildman–Crippen LogP) is 3.46. The van der Waals surface area contributed by atoms with Crippen LogP contribution in [0.3, 0.4) is 0 Å². The van der Waals surface area contributed by atoms with E-state index in [2.05, 4.69) is 30.4 Å². The quantitative estimate of drug-likeness (QED) is 0.828. The van der Waals surface area contributed by atoms with Gasteiger partial charge in [0.1, 0.15) is 5.75 Å². The Morgan fingerprint density at radius 2 is 2.17 bits per heavy atom. The third kappa shape index (κ3) is 2.69. The van der Waals surface area contributed by atoms with E-state index in [1.54, 1.807) is 0 Å². The molecule has 2 aliphatic carbocycles. The molecular weight excluding hydrogens is 222 g/mol. The van der Waals surface area contributed by atoms with Crippen LogP contribution in [0.4, 0.5) is 0 Å². The molecule has 0 aromatic heterocycles. The lowest BCUT2D eigenvalue weighted by atomic mass is 10.1. The van der Waals surface area contributed by atoms with Crippen molar-refractivity contribution < 1.29 is 4.74 Å². The highest BCUT2D eigenvalue weighted by molar-refractivity contribution is 5.40. The van der Waals surface area contributed by atoms with E-state index in [0.29, 0.717) is 6.04 Å². The highest BCUT2D eigenvalue weighted by Crippen LogP contribution is 2.34. The molecule has 1 saturated carbocycles. The zero-order valence-electron chi connectivity index (χ0n) is 11.2. The Morgan fingerprint density at radius 1 is 1.28 bits per heavy atom. The minimum Gasteiger partial charge on any atom is -0.493 e. The summed E-state index contributed by atoms with van der Waals surface area (Å²) in [6.07, 6.45) is 6.34. The number of ether oxygens (including phenoxy) is 1. The second kappa shape index (κ2) is 5.31. The van der Waals surface area contributed by atoms with Crippen LogP contribution in [0.15, 0.2) is 18.2 Å². The van der Waals surface area contributed by atoms with E-state index in [1.807, 2.05) is 0 Å². The number of aryl methyl sites for hydroxylation is 1. The Kier molecular flexibility index (Phi) is 3.55. The Labute approximate surface area is 110 Å². The van der Waals surface area contributed by atoms with Gasteiger partial charge in [0.25, 0.3) is 0 Å². The fraction of sp³-hybridized carbons (Fsp3) is 0.625. The van der Waals surface area contributed by atoms with E-state index in [4.69, 9.17) is 4.74 Å². The number of hydrogen-bond acceptors (Lipinski definition) is 2. The van der Waals surface area contributed by atoms with E-state index in [9.17, 15) is 0 Å². The second-order valence-corrected chi connectivity index (χ2v) is 5.66. The summed E-state index contributed by atoms with van der Waals surface area (Å²) in [5.41, 5.74) is 2.97. The van der Waals surface area contributed by atoms with Gasteiger partial charge in [-0.2, -0.15) is 0 Å². The maximum Gasteiger partial charge on any atom is 0.119 e. The highest BCUT2D eigenvalue weighted by atomic mass is 16.5. The maximum atomic E-state index is 5.85. The Balaban J connectivity index is 1.64. The first-order chi connectivity index (χ1) is 8.86. The van der Waals surface area contributed by atoms with E-state index < -0.39 is 0 Å². The van der Waals surface area contributed by atoms with Gasteiger partial charge in [-0.3, -0.25) is 0 Å². The standard InChI is InChI=1S/C16H23NO/c1-2-9-17-16-8-5-13-10-14(6-7-15(13)16)18-11-12-3-4-12/h6-7,10,12,16-17H,2-5,8-9,11H2,1H3. The van der Waals surface area contributed by atoms with Crippen molar-refractivity contribution in [1.29, 1.82) is 0 Å². The van der Waals surface area contributed by atoms with Crippen LogP contribution in [0.25, 0.3) is 0 Å². The van der Waals surface area contributed by atoms with Crippen molar-refractivity contribution in [3.05, 3.63) is 29.3 Å². The Hall–Kier alpha value is -1.02. The molecule has 98 valence electrons. The topological polar surface area (TPSA) is 21.3 Å². The summed E-state index contributed by atoms with van der Waals surface area (Å²) >= 11 is 0. The average molecular weight is 245 g/mol. The maximum absolute atomic E-state index is 5.85. The monoisotopic (exact) mass is 245 g/mol. The molecule has 0 heterocycles. The Bertz CT molecular complexity index is 412. The first-order valence-electron chi connectivity index (χ1n) is 7.36. The summed E-state index contributed by atoms with van der Waals surface area (Å²) < 4.78 is 5.85. The van der Waals surface area contributed by atoms with Crippen molar-refractivity contribution in [2.75, 3.05) is 13.2 Å². The largest absolute Gasteiger partial charge is 0.493 e. The van der Waals surface area contributed by atoms with Crippen molar-refractivity contribution in [3.8, 4) is 5.75 Å². The van der Waals surface area contributed by atoms with Crippen LogP contribution < -0.4 is 10.1 Å². The highest BCUT2D eigenvalue weighted by Gasteiger charge is 2.24. The van der Waals surface area contributed by atoms with Gasteiger partial charge in [-0.25, -0.2) is 0 Å². The SMILES string of the molecule is CCCNC1CCc2cc(OCC3CC3)ccc21. The molecule has 18 heavy (non-hydrogen) atoms. The van der Waals surface area contributed by atoms with Gasteiger partial charge >= 0.3 is 0 Å². The summed E-state index contributed by atoms with van der Waals surface area (Å²) in [5, 5.41) is 3.63. The average Bonchev–Trinajstić information content (AvgIpc) is 3.14. The van der Waals surface area contributed by atoms with Gasteiger partial charge in [-0.05, 0) is 67.8 Å². The minimum atomic E-state index is 0.567. The minimum absolute atomic E-state index is 0.567. The summed E-state index contributed by atoms with van der Waals surface area (Å²) in [7, 11) is 0. The molecule has 1 aromatic rings. The summed E-state index contributed by atoms with van der Waals surface area (Å²) in [4.78, 5) is 0. The van der Waals surface area contributed by atoms with Gasteiger partial charge in [0.2, 0.25) is 0 Å². The molecule has 0 saturated heterocycles. The van der Waals surface area contributed by atoms with Crippen molar-refractivity contribution >= 4 is 0 Å². The Morgan fingerprint density at radius 3 is 2.94 bits per heavy atom. The summed E-state index contributed by atoms with van der Waals surface area (Å²) in [6, 6.07) is 7.23. The van der Waals surface area contributed by atoms with Crippen LogP contribution in [0.2, 0.25) is 0 Å². The fourth-order valence-corrected chi connectivity index (χ4v) is 2.71. The zero-order valence-corrected chi connectivity index (χ0v) is 11.2. The normalized spacial score (nSPS) is 21.9. The predicted molar refractivity (Wildman–Crippen MR) is 74.0 cm³/mol. The number of fused-ring (bicyclic) bond motifs is 1. The lowest BCUT2D eigenvalue weighted by Gasteiger charge is -2.14. The summed E-state index contributed by atoms with van der Waals surface area (Å²) in [6.45, 7) is 4.25. The van der Waals surface area contributed by atoms with E-state index in [-0.39, 0.29) is 0 Å². The van der Waals surface area contributed by atoms with E-state index in [1.165, 1.54) is 43.2 Å². The number of nitrogens with one attached hydrogen (secondary N) is 1. The molecule has 0 aliphatic heterocycles. The molecule has 0 spiro atoms. The number of hydrogen-bond donors (Lipinski definition) is 1. The molecule has 2 aliphatic rings. The van der Waals surface area contributed by atoms with Gasteiger partial charge in [-0.1, -0.05) is 13.0 Å². The molecule has 1 N–H and O–H groups in total. The lowest BCUT2D eigenvalue weighted by Crippen LogP contribution is -2.19. The van der Waals surface area contributed by atoms with Crippen LogP contribution >= 0.6 is 0 Å². The molecule has 1 unspecified atom stereocenters. The number of rotatable bonds is 6. The molecule has 0 bridgehead atoms. The fourth-order valence-electron chi connectivity index (χ4n) is 2.71. The molecule has 0 amide bonds. The van der Waals surface area contributed by atoms with Crippen LogP contribution in [-0.4, -0.2) is 13.2 Å². The molecule has 1 fully saturated rings. The molecule has 1 atom stereocenters. The van der Waals surface area contributed by atoms with E-state index in [0.717, 1.165) is 24.8 Å². The van der Waals surface area contributed by atoms with Crippen molar-refractivity contribution in [2.24, 2.45) is 5.92 Å². The molecule has 3 rings (SSSR count). The van der Waals surface area contributed by atoms with Crippen LogP contribution in [-0.2, 0) is 6.42 Å². The molecule has 2 heteroatoms. The number of benzene rings is 1. The van der Waals surface area contributed by atoms with Crippen LogP contribution in [0.1, 0.15) is 49.8 Å². The van der Waals surface area contributed by atoms with Crippen molar-refractivity contribution in [2.45, 2.75) is 45.1 Å². The van der Waals surface area contributed by atoms with Crippen LogP contribution in [0.5, 0.6) is 5.75 Å². The van der Waals surface area contributed by atoms with Crippen molar-refractivity contribution in [3.63, 3.8) is 0 Å². The van der Waals surface area contributed by atoms with E-state index >= 15 is 0 Å². The van der Waals surface area contributed by atoms with Gasteiger partial charge in [0.05, 0.1) is 6.61 Å². The smallest absolute Gasteiger partial charge is 0.119 e. The second-order valence-electron chi connectivity index (χ2n) is 5.66. The van der Waals surface area contributed by atoms with Gasteiger partial charge in [0, 0.05) is 6.04 Å². The molecular formula is C16H23NO. The molecule has 2 nitrogen and oxygen atoms in total. The molecule has 1 aromatic carbocycles. The third-order valence-electron chi connectivity index (χ3n) is 4.02. The van der Waals surface area contributed by atoms with Gasteiger partial charge in [-0.15, -0.1) is 0 Å². The van der Waals surface area contributed by atoms with Crippen LogP contribution in [0, 0.1) is 5.92 Å². The first-order valence-corrected chi connectivity index (χ1v) is 7.36. The third-order valence-corrected chi connectivity index (χ3v) is 4.02. The first kappa shape index (κ1) is 12.0. The van der Waals surface area contributed by atoms with Gasteiger partial charge in [0.15, 0.2) is 0 Å². The summed E-state index contributed by atoms with van der Waals surface area (Å²) in [5.74, 6) is 1.90.